The van der Waals surface area contributed by atoms with Gasteiger partial charge in [-0.05, 0) is 36.6 Å². The van der Waals surface area contributed by atoms with E-state index in [0.717, 1.165) is 18.4 Å². The molecule has 86 valence electrons. The van der Waals surface area contributed by atoms with Gasteiger partial charge >= 0.3 is 0 Å². The molecule has 1 aromatic carbocycles. The van der Waals surface area contributed by atoms with Crippen LogP contribution < -0.4 is 0 Å². The average Bonchev–Trinajstić information content (AvgIpc) is 2.32. The summed E-state index contributed by atoms with van der Waals surface area (Å²) in [5.74, 6) is -0.352. The highest BCUT2D eigenvalue weighted by atomic mass is 79.9. The Morgan fingerprint density at radius 1 is 1.44 bits per heavy atom. The third kappa shape index (κ3) is 2.44. The molecule has 1 heterocycles. The minimum atomic E-state index is -0.801. The Morgan fingerprint density at radius 2 is 2.25 bits per heavy atom. The van der Waals surface area contributed by atoms with Gasteiger partial charge in [-0.3, -0.25) is 0 Å². The van der Waals surface area contributed by atoms with Gasteiger partial charge in [0.05, 0.1) is 12.9 Å². The molecule has 1 unspecified atom stereocenters. The molecule has 1 N–H and O–H groups in total. The largest absolute Gasteiger partial charge is 0.501 e. The van der Waals surface area contributed by atoms with Crippen molar-refractivity contribution in [3.63, 3.8) is 0 Å². The van der Waals surface area contributed by atoms with E-state index in [1.165, 1.54) is 12.1 Å². The van der Waals surface area contributed by atoms with Gasteiger partial charge in [0, 0.05) is 10.0 Å². The standard InChI is InChI=1S/C12H12BrFO2/c13-11-4-3-9(14)6-10(11)12(15)8-2-1-5-16-7-8/h3-4,6-7,12,15H,1-2,5H2. The molecule has 0 spiro atoms. The van der Waals surface area contributed by atoms with Gasteiger partial charge in [-0.1, -0.05) is 15.9 Å². The van der Waals surface area contributed by atoms with Crippen molar-refractivity contribution in [2.24, 2.45) is 0 Å². The number of aliphatic hydroxyl groups is 1. The smallest absolute Gasteiger partial charge is 0.123 e. The highest BCUT2D eigenvalue weighted by Gasteiger charge is 2.19. The highest BCUT2D eigenvalue weighted by molar-refractivity contribution is 9.10. The van der Waals surface area contributed by atoms with Crippen molar-refractivity contribution in [2.75, 3.05) is 6.61 Å². The van der Waals surface area contributed by atoms with E-state index in [0.29, 0.717) is 16.6 Å². The van der Waals surface area contributed by atoms with Crippen molar-refractivity contribution in [3.8, 4) is 0 Å². The zero-order valence-electron chi connectivity index (χ0n) is 8.62. The summed E-state index contributed by atoms with van der Waals surface area (Å²) in [5.41, 5.74) is 1.33. The number of halogens is 2. The zero-order chi connectivity index (χ0) is 11.5. The van der Waals surface area contributed by atoms with Crippen LogP contribution in [0.4, 0.5) is 4.39 Å². The Kier molecular flexibility index (Phi) is 3.61. The van der Waals surface area contributed by atoms with Gasteiger partial charge in [0.1, 0.15) is 11.9 Å². The lowest BCUT2D eigenvalue weighted by Gasteiger charge is -2.20. The van der Waals surface area contributed by atoms with Crippen LogP contribution in [0.1, 0.15) is 24.5 Å². The lowest BCUT2D eigenvalue weighted by molar-refractivity contribution is 0.169. The summed E-state index contributed by atoms with van der Waals surface area (Å²) in [4.78, 5) is 0. The van der Waals surface area contributed by atoms with Gasteiger partial charge in [0.15, 0.2) is 0 Å². The van der Waals surface area contributed by atoms with Crippen LogP contribution >= 0.6 is 15.9 Å². The molecule has 4 heteroatoms. The SMILES string of the molecule is OC(C1=COCCC1)c1cc(F)ccc1Br. The van der Waals surface area contributed by atoms with Gasteiger partial charge < -0.3 is 9.84 Å². The molecule has 0 bridgehead atoms. The molecule has 0 radical (unpaired) electrons. The summed E-state index contributed by atoms with van der Waals surface area (Å²) in [5, 5.41) is 10.1. The summed E-state index contributed by atoms with van der Waals surface area (Å²) in [7, 11) is 0. The molecule has 0 fully saturated rings. The Balaban J connectivity index is 2.29. The predicted octanol–water partition coefficient (Wildman–Crippen LogP) is 3.32. The summed E-state index contributed by atoms with van der Waals surface area (Å²) >= 11 is 3.30. The molecule has 0 saturated carbocycles. The molecule has 2 nitrogen and oxygen atoms in total. The van der Waals surface area contributed by atoms with Crippen molar-refractivity contribution in [2.45, 2.75) is 18.9 Å². The number of hydrogen-bond acceptors (Lipinski definition) is 2. The van der Waals surface area contributed by atoms with Crippen LogP contribution in [0, 0.1) is 5.82 Å². The van der Waals surface area contributed by atoms with Crippen LogP contribution in [-0.4, -0.2) is 11.7 Å². The Morgan fingerprint density at radius 3 is 2.94 bits per heavy atom. The van der Waals surface area contributed by atoms with Gasteiger partial charge in [-0.15, -0.1) is 0 Å². The Labute approximate surface area is 102 Å². The Bertz CT molecular complexity index is 417. The van der Waals surface area contributed by atoms with Gasteiger partial charge in [0.25, 0.3) is 0 Å². The first-order valence-electron chi connectivity index (χ1n) is 5.12. The normalized spacial score (nSPS) is 17.6. The van der Waals surface area contributed by atoms with Crippen LogP contribution in [-0.2, 0) is 4.74 Å². The van der Waals surface area contributed by atoms with Crippen LogP contribution in [0.15, 0.2) is 34.5 Å². The first kappa shape index (κ1) is 11.6. The molecule has 16 heavy (non-hydrogen) atoms. The number of rotatable bonds is 2. The maximum atomic E-state index is 13.1. The molecule has 1 aliphatic rings. The van der Waals surface area contributed by atoms with E-state index in [4.69, 9.17) is 4.74 Å². The average molecular weight is 287 g/mol. The molecular weight excluding hydrogens is 275 g/mol. The third-order valence-corrected chi connectivity index (χ3v) is 3.29. The molecule has 0 aliphatic carbocycles. The summed E-state index contributed by atoms with van der Waals surface area (Å²) in [6.45, 7) is 0.681. The molecule has 0 amide bonds. The monoisotopic (exact) mass is 286 g/mol. The number of hydrogen-bond donors (Lipinski definition) is 1. The summed E-state index contributed by atoms with van der Waals surface area (Å²) in [6.07, 6.45) is 2.44. The van der Waals surface area contributed by atoms with E-state index in [1.807, 2.05) is 0 Å². The maximum absolute atomic E-state index is 13.1. The predicted molar refractivity (Wildman–Crippen MR) is 62.3 cm³/mol. The van der Waals surface area contributed by atoms with Crippen LogP contribution in [0.3, 0.4) is 0 Å². The first-order valence-corrected chi connectivity index (χ1v) is 5.91. The second-order valence-electron chi connectivity index (χ2n) is 3.74. The fraction of sp³-hybridized carbons (Fsp3) is 0.333. The fourth-order valence-electron chi connectivity index (χ4n) is 1.71. The Hall–Kier alpha value is -0.870. The number of aliphatic hydroxyl groups excluding tert-OH is 1. The van der Waals surface area contributed by atoms with Crippen LogP contribution in [0.5, 0.6) is 0 Å². The van der Waals surface area contributed by atoms with E-state index >= 15 is 0 Å². The van der Waals surface area contributed by atoms with Gasteiger partial charge in [-0.25, -0.2) is 4.39 Å². The second-order valence-corrected chi connectivity index (χ2v) is 4.59. The van der Waals surface area contributed by atoms with Crippen molar-refractivity contribution in [1.82, 2.24) is 0 Å². The summed E-state index contributed by atoms with van der Waals surface area (Å²) < 4.78 is 19.0. The minimum Gasteiger partial charge on any atom is -0.501 e. The van der Waals surface area contributed by atoms with Crippen molar-refractivity contribution in [3.05, 3.63) is 45.9 Å². The summed E-state index contributed by atoms with van der Waals surface area (Å²) in [6, 6.07) is 4.29. The van der Waals surface area contributed by atoms with E-state index in [9.17, 15) is 9.50 Å². The van der Waals surface area contributed by atoms with Crippen LogP contribution in [0.2, 0.25) is 0 Å². The van der Waals surface area contributed by atoms with E-state index < -0.39 is 6.10 Å². The molecule has 1 aliphatic heterocycles. The number of ether oxygens (including phenoxy) is 1. The van der Waals surface area contributed by atoms with Crippen molar-refractivity contribution >= 4 is 15.9 Å². The van der Waals surface area contributed by atoms with Crippen LogP contribution in [0.25, 0.3) is 0 Å². The second kappa shape index (κ2) is 4.97. The molecular formula is C12H12BrFO2. The minimum absolute atomic E-state index is 0.352. The maximum Gasteiger partial charge on any atom is 0.123 e. The lowest BCUT2D eigenvalue weighted by Crippen LogP contribution is -2.08. The van der Waals surface area contributed by atoms with E-state index in [2.05, 4.69) is 15.9 Å². The fourth-order valence-corrected chi connectivity index (χ4v) is 2.17. The highest BCUT2D eigenvalue weighted by Crippen LogP contribution is 2.32. The molecule has 1 aromatic rings. The van der Waals surface area contributed by atoms with E-state index in [-0.39, 0.29) is 5.82 Å². The van der Waals surface area contributed by atoms with Gasteiger partial charge in [-0.2, -0.15) is 0 Å². The molecule has 0 saturated heterocycles. The first-order chi connectivity index (χ1) is 7.68. The lowest BCUT2D eigenvalue weighted by atomic mass is 9.98. The molecule has 2 rings (SSSR count). The van der Waals surface area contributed by atoms with Crippen molar-refractivity contribution < 1.29 is 14.2 Å². The van der Waals surface area contributed by atoms with Crippen molar-refractivity contribution in [1.29, 1.82) is 0 Å². The van der Waals surface area contributed by atoms with E-state index in [1.54, 1.807) is 12.3 Å². The van der Waals surface area contributed by atoms with Gasteiger partial charge in [0.2, 0.25) is 0 Å². The molecule has 1 atom stereocenters. The zero-order valence-corrected chi connectivity index (χ0v) is 10.2. The molecule has 0 aromatic heterocycles. The third-order valence-electron chi connectivity index (χ3n) is 2.57. The number of benzene rings is 1. The quantitative estimate of drug-likeness (QED) is 0.904. The topological polar surface area (TPSA) is 29.5 Å².